The van der Waals surface area contributed by atoms with Gasteiger partial charge < -0.3 is 19.9 Å². The van der Waals surface area contributed by atoms with Crippen molar-refractivity contribution >= 4 is 34.9 Å². The van der Waals surface area contributed by atoms with Crippen molar-refractivity contribution < 1.29 is 14.3 Å². The van der Waals surface area contributed by atoms with Gasteiger partial charge in [0.1, 0.15) is 17.5 Å². The van der Waals surface area contributed by atoms with Crippen LogP contribution in [0.5, 0.6) is 0 Å². The number of allylic oxidation sites excluding steroid dienone is 1. The highest BCUT2D eigenvalue weighted by Gasteiger charge is 2.28. The van der Waals surface area contributed by atoms with Crippen LogP contribution in [-0.4, -0.2) is 53.1 Å². The van der Waals surface area contributed by atoms with E-state index in [1.807, 2.05) is 43.0 Å². The van der Waals surface area contributed by atoms with Gasteiger partial charge in [-0.05, 0) is 56.7 Å². The van der Waals surface area contributed by atoms with Crippen LogP contribution in [-0.2, 0) is 9.53 Å². The third-order valence-corrected chi connectivity index (χ3v) is 6.91. The van der Waals surface area contributed by atoms with Crippen LogP contribution in [0.4, 0.5) is 22.1 Å². The second-order valence-electron chi connectivity index (χ2n) is 9.60. The summed E-state index contributed by atoms with van der Waals surface area (Å²) in [5.41, 5.74) is 3.52. The number of unbranched alkanes of at least 4 members (excludes halogenated alkanes) is 1. The summed E-state index contributed by atoms with van der Waals surface area (Å²) in [4.78, 5) is 37.6. The van der Waals surface area contributed by atoms with Crippen molar-refractivity contribution in [1.29, 1.82) is 5.26 Å². The Balaban J connectivity index is 1.40. The first-order valence-corrected chi connectivity index (χ1v) is 13.3. The molecule has 3 heterocycles. The molecule has 1 aromatic carbocycles. The van der Waals surface area contributed by atoms with Crippen LogP contribution in [0, 0.1) is 24.2 Å². The number of aromatic nitrogens is 2. The number of aryl methyl sites for hydroxylation is 1. The zero-order chi connectivity index (χ0) is 27.1. The van der Waals surface area contributed by atoms with Gasteiger partial charge in [-0.15, -0.1) is 0 Å². The third-order valence-electron chi connectivity index (χ3n) is 6.91. The number of piperidine rings is 1. The molecule has 0 radical (unpaired) electrons. The first-order valence-electron chi connectivity index (χ1n) is 13.3. The molecule has 2 aliphatic heterocycles. The third kappa shape index (κ3) is 6.05. The number of rotatable bonds is 8. The van der Waals surface area contributed by atoms with E-state index < -0.39 is 0 Å². The summed E-state index contributed by atoms with van der Waals surface area (Å²) in [5.74, 6) is 0.807. The molecular formula is C28H35N7O3. The second-order valence-corrected chi connectivity index (χ2v) is 9.60. The molecule has 1 fully saturated rings. The average molecular weight is 518 g/mol. The van der Waals surface area contributed by atoms with Gasteiger partial charge >= 0.3 is 6.09 Å². The van der Waals surface area contributed by atoms with Crippen LogP contribution in [0.2, 0.25) is 0 Å². The van der Waals surface area contributed by atoms with Crippen molar-refractivity contribution in [2.24, 2.45) is 5.92 Å². The lowest BCUT2D eigenvalue weighted by atomic mass is 9.93. The number of carbonyl (C=O) groups is 2. The molecule has 0 atom stereocenters. The number of carbonyl (C=O) groups excluding carboxylic acids is 2. The minimum absolute atomic E-state index is 0.163. The molecule has 0 saturated carbocycles. The monoisotopic (exact) mass is 517 g/mol. The van der Waals surface area contributed by atoms with Gasteiger partial charge in [-0.3, -0.25) is 10.1 Å². The number of anilines is 3. The van der Waals surface area contributed by atoms with Crippen LogP contribution in [0.1, 0.15) is 57.2 Å². The number of hydrogen-bond donors (Lipinski definition) is 2. The highest BCUT2D eigenvalue weighted by molar-refractivity contribution is 5.92. The number of amides is 2. The van der Waals surface area contributed by atoms with E-state index in [-0.39, 0.29) is 23.9 Å². The quantitative estimate of drug-likeness (QED) is 0.374. The van der Waals surface area contributed by atoms with E-state index in [1.165, 1.54) is 0 Å². The number of likely N-dealkylation sites (tertiary alicyclic amines) is 1. The number of ether oxygens (including phenoxy) is 1. The van der Waals surface area contributed by atoms with Gasteiger partial charge in [0.2, 0.25) is 11.9 Å². The van der Waals surface area contributed by atoms with E-state index in [0.717, 1.165) is 42.6 Å². The minimum Gasteiger partial charge on any atom is -0.449 e. The van der Waals surface area contributed by atoms with Crippen molar-refractivity contribution in [2.45, 2.75) is 52.9 Å². The fourth-order valence-electron chi connectivity index (χ4n) is 4.78. The van der Waals surface area contributed by atoms with Crippen LogP contribution < -0.4 is 15.5 Å². The fourth-order valence-corrected chi connectivity index (χ4v) is 4.78. The molecule has 1 saturated heterocycles. The molecule has 0 unspecified atom stereocenters. The summed E-state index contributed by atoms with van der Waals surface area (Å²) in [7, 11) is 0. The molecule has 0 spiro atoms. The molecule has 1 aromatic heterocycles. The molecule has 0 aliphatic carbocycles. The predicted molar refractivity (Wildman–Crippen MR) is 146 cm³/mol. The summed E-state index contributed by atoms with van der Waals surface area (Å²) in [6.07, 6.45) is 4.98. The molecule has 38 heavy (non-hydrogen) atoms. The highest BCUT2D eigenvalue weighted by Crippen LogP contribution is 2.38. The summed E-state index contributed by atoms with van der Waals surface area (Å²) in [6, 6.07) is 10.2. The maximum atomic E-state index is 12.8. The van der Waals surface area contributed by atoms with Crippen molar-refractivity contribution in [3.05, 3.63) is 47.5 Å². The van der Waals surface area contributed by atoms with E-state index in [1.54, 1.807) is 11.1 Å². The Labute approximate surface area is 223 Å². The van der Waals surface area contributed by atoms with Crippen LogP contribution >= 0.6 is 0 Å². The van der Waals surface area contributed by atoms with Gasteiger partial charge in [0.05, 0.1) is 23.7 Å². The number of nitrogens with one attached hydrogen (secondary N) is 2. The topological polar surface area (TPSA) is 123 Å². The smallest absolute Gasteiger partial charge is 0.409 e. The van der Waals surface area contributed by atoms with E-state index in [9.17, 15) is 14.9 Å². The zero-order valence-electron chi connectivity index (χ0n) is 22.3. The molecule has 200 valence electrons. The zero-order valence-corrected chi connectivity index (χ0v) is 22.3. The Kier molecular flexibility index (Phi) is 8.79. The van der Waals surface area contributed by atoms with Crippen molar-refractivity contribution in [3.63, 3.8) is 0 Å². The highest BCUT2D eigenvalue weighted by atomic mass is 16.6. The molecule has 2 aliphatic rings. The molecule has 10 heteroatoms. The first kappa shape index (κ1) is 26.9. The van der Waals surface area contributed by atoms with Crippen molar-refractivity contribution in [1.82, 2.24) is 14.9 Å². The van der Waals surface area contributed by atoms with E-state index >= 15 is 0 Å². The summed E-state index contributed by atoms with van der Waals surface area (Å²) in [6.45, 7) is 8.20. The second kappa shape index (κ2) is 12.4. The SMILES string of the molecule is CCCCOC(=O)N1CCC(CC(=O)Nc2ncc(C)c(C(C#N)=C3Nc4ccccc4N3CC)n2)CC1. The molecule has 4 rings (SSSR count). The number of hydrogen-bond acceptors (Lipinski definition) is 8. The molecule has 2 N–H and O–H groups in total. The summed E-state index contributed by atoms with van der Waals surface area (Å²) < 4.78 is 5.29. The largest absolute Gasteiger partial charge is 0.449 e. The van der Waals surface area contributed by atoms with E-state index in [0.29, 0.717) is 49.7 Å². The van der Waals surface area contributed by atoms with Crippen LogP contribution in [0.3, 0.4) is 0 Å². The van der Waals surface area contributed by atoms with Gasteiger partial charge in [-0.2, -0.15) is 5.26 Å². The number of nitrogens with zero attached hydrogens (tertiary/aromatic N) is 5. The molecule has 2 aromatic rings. The van der Waals surface area contributed by atoms with E-state index in [4.69, 9.17) is 4.74 Å². The van der Waals surface area contributed by atoms with Crippen molar-refractivity contribution in [3.8, 4) is 6.07 Å². The normalized spacial score (nSPS) is 16.4. The lowest BCUT2D eigenvalue weighted by molar-refractivity contribution is -0.117. The number of fused-ring (bicyclic) bond motifs is 1. The maximum Gasteiger partial charge on any atom is 0.409 e. The number of nitriles is 1. The molecule has 0 bridgehead atoms. The van der Waals surface area contributed by atoms with Crippen molar-refractivity contribution in [2.75, 3.05) is 41.8 Å². The Morgan fingerprint density at radius 3 is 2.71 bits per heavy atom. The van der Waals surface area contributed by atoms with Gasteiger partial charge in [-0.1, -0.05) is 25.5 Å². The van der Waals surface area contributed by atoms with E-state index in [2.05, 4.69) is 33.6 Å². The maximum absolute atomic E-state index is 12.8. The first-order chi connectivity index (χ1) is 18.4. The Bertz CT molecular complexity index is 1250. The van der Waals surface area contributed by atoms with Crippen LogP contribution in [0.15, 0.2) is 36.3 Å². The standard InChI is InChI=1S/C28H35N7O3/c1-4-6-15-38-28(37)34-13-11-20(12-14-34)16-24(36)32-27-30-18-19(3)25(33-27)21(17-29)26-31-22-9-7-8-10-23(22)35(26)5-2/h7-10,18,20,31H,4-6,11-16H2,1-3H3,(H,30,32,33,36). The lowest BCUT2D eigenvalue weighted by Crippen LogP contribution is -2.39. The Hall–Kier alpha value is -4.13. The minimum atomic E-state index is -0.272. The average Bonchev–Trinajstić information content (AvgIpc) is 3.29. The predicted octanol–water partition coefficient (Wildman–Crippen LogP) is 4.91. The Morgan fingerprint density at radius 2 is 2.00 bits per heavy atom. The molecular weight excluding hydrogens is 482 g/mol. The van der Waals surface area contributed by atoms with Gasteiger partial charge in [0.15, 0.2) is 0 Å². The fraction of sp³-hybridized carbons (Fsp3) is 0.464. The van der Waals surface area contributed by atoms with Gasteiger partial charge in [0, 0.05) is 32.3 Å². The summed E-state index contributed by atoms with van der Waals surface area (Å²) >= 11 is 0. The van der Waals surface area contributed by atoms with Crippen LogP contribution in [0.25, 0.3) is 5.57 Å². The summed E-state index contributed by atoms with van der Waals surface area (Å²) in [5, 5.41) is 16.3. The number of benzene rings is 1. The van der Waals surface area contributed by atoms with Gasteiger partial charge in [-0.25, -0.2) is 14.8 Å². The lowest BCUT2D eigenvalue weighted by Gasteiger charge is -2.31. The molecule has 2 amide bonds. The number of para-hydroxylation sites is 2. The van der Waals surface area contributed by atoms with Gasteiger partial charge in [0.25, 0.3) is 0 Å². The Morgan fingerprint density at radius 1 is 1.24 bits per heavy atom. The molecule has 10 nitrogen and oxygen atoms in total.